The zero-order chi connectivity index (χ0) is 22.2. The fourth-order valence-electron chi connectivity index (χ4n) is 4.15. The molecule has 2 aromatic rings. The van der Waals surface area contributed by atoms with E-state index in [1.54, 1.807) is 24.1 Å². The highest BCUT2D eigenvalue weighted by Crippen LogP contribution is 2.34. The van der Waals surface area contributed by atoms with E-state index in [4.69, 9.17) is 0 Å². The second kappa shape index (κ2) is 8.54. The number of carbonyl (C=O) groups is 1. The molecular weight excluding hydrogens is 428 g/mol. The van der Waals surface area contributed by atoms with Gasteiger partial charge in [-0.3, -0.25) is 9.89 Å². The second-order valence-electron chi connectivity index (χ2n) is 8.02. The summed E-state index contributed by atoms with van der Waals surface area (Å²) in [5, 5.41) is 6.76. The molecule has 4 rings (SSSR count). The lowest BCUT2D eigenvalue weighted by Gasteiger charge is -2.32. The van der Waals surface area contributed by atoms with Crippen LogP contribution in [0.4, 0.5) is 14.6 Å². The normalized spacial score (nSPS) is 20.4. The summed E-state index contributed by atoms with van der Waals surface area (Å²) in [6.45, 7) is 1.19. The number of H-pyrrole nitrogens is 1. The van der Waals surface area contributed by atoms with E-state index in [-0.39, 0.29) is 30.3 Å². The predicted octanol–water partition coefficient (Wildman–Crippen LogP) is 2.37. The number of carbonyl (C=O) groups excluding carboxylic acids is 1. The quantitative estimate of drug-likeness (QED) is 0.725. The molecule has 8 nitrogen and oxygen atoms in total. The van der Waals surface area contributed by atoms with Crippen molar-refractivity contribution in [2.75, 3.05) is 31.6 Å². The van der Waals surface area contributed by atoms with Crippen LogP contribution in [0.3, 0.4) is 0 Å². The molecule has 2 fully saturated rings. The van der Waals surface area contributed by atoms with Gasteiger partial charge >= 0.3 is 10.2 Å². The molecule has 0 saturated carbocycles. The summed E-state index contributed by atoms with van der Waals surface area (Å²) in [5.41, 5.74) is 0.933. The molecule has 168 valence electrons. The first-order valence-corrected chi connectivity index (χ1v) is 11.7. The monoisotopic (exact) mass is 453 g/mol. The van der Waals surface area contributed by atoms with Crippen molar-refractivity contribution in [3.63, 3.8) is 0 Å². The van der Waals surface area contributed by atoms with Crippen LogP contribution in [0.5, 0.6) is 0 Å². The number of amides is 1. The molecule has 11 heteroatoms. The average Bonchev–Trinajstić information content (AvgIpc) is 3.40. The van der Waals surface area contributed by atoms with Crippen molar-refractivity contribution in [2.45, 2.75) is 38.1 Å². The molecule has 1 atom stereocenters. The van der Waals surface area contributed by atoms with Crippen LogP contribution >= 0.6 is 0 Å². The van der Waals surface area contributed by atoms with Gasteiger partial charge in [0.2, 0.25) is 5.91 Å². The number of piperidine rings is 1. The summed E-state index contributed by atoms with van der Waals surface area (Å²) in [6.07, 6.45) is 1.77. The van der Waals surface area contributed by atoms with E-state index >= 15 is 4.39 Å². The van der Waals surface area contributed by atoms with Gasteiger partial charge in [0.1, 0.15) is 11.5 Å². The number of aromatic nitrogens is 2. The standard InChI is InChI=1S/C20H25F2N5O3S/c1-25(13-14-4-6-16(21)7-5-14)20-18(22)19(23-24-20)15-8-11-27(17(28)12-15)31(29,30)26-9-2-3-10-26/h4-7,15H,2-3,8-13H2,1H3,(H,23,24). The fraction of sp³-hybridized carbons (Fsp3) is 0.500. The van der Waals surface area contributed by atoms with E-state index in [1.165, 1.54) is 16.4 Å². The predicted molar refractivity (Wildman–Crippen MR) is 110 cm³/mol. The van der Waals surface area contributed by atoms with Crippen molar-refractivity contribution in [3.8, 4) is 0 Å². The molecule has 1 amide bonds. The Morgan fingerprint density at radius 1 is 1.16 bits per heavy atom. The van der Waals surface area contributed by atoms with Crippen LogP contribution in [0.15, 0.2) is 24.3 Å². The zero-order valence-corrected chi connectivity index (χ0v) is 18.0. The van der Waals surface area contributed by atoms with E-state index in [0.717, 1.165) is 22.7 Å². The number of rotatable bonds is 6. The Bertz CT molecular complexity index is 1050. The van der Waals surface area contributed by atoms with Gasteiger partial charge in [-0.25, -0.2) is 13.1 Å². The molecule has 1 aromatic carbocycles. The third-order valence-corrected chi connectivity index (χ3v) is 7.83. The summed E-state index contributed by atoms with van der Waals surface area (Å²) >= 11 is 0. The largest absolute Gasteiger partial charge is 0.353 e. The van der Waals surface area contributed by atoms with Gasteiger partial charge in [-0.05, 0) is 37.0 Å². The van der Waals surface area contributed by atoms with E-state index < -0.39 is 27.9 Å². The molecular formula is C20H25F2N5O3S. The zero-order valence-electron chi connectivity index (χ0n) is 17.2. The van der Waals surface area contributed by atoms with Crippen molar-refractivity contribution in [2.24, 2.45) is 0 Å². The number of nitrogens with one attached hydrogen (secondary N) is 1. The highest BCUT2D eigenvalue weighted by atomic mass is 32.2. The minimum atomic E-state index is -3.81. The topological polar surface area (TPSA) is 89.6 Å². The van der Waals surface area contributed by atoms with E-state index in [2.05, 4.69) is 10.2 Å². The first-order chi connectivity index (χ1) is 14.8. The van der Waals surface area contributed by atoms with E-state index in [1.807, 2.05) is 0 Å². The maximum Gasteiger partial charge on any atom is 0.306 e. The van der Waals surface area contributed by atoms with Crippen molar-refractivity contribution in [1.29, 1.82) is 0 Å². The summed E-state index contributed by atoms with van der Waals surface area (Å²) in [5.74, 6) is -1.77. The highest BCUT2D eigenvalue weighted by Gasteiger charge is 2.40. The molecule has 0 radical (unpaired) electrons. The van der Waals surface area contributed by atoms with Gasteiger partial charge in [0, 0.05) is 45.6 Å². The third kappa shape index (κ3) is 4.29. The molecule has 1 N–H and O–H groups in total. The molecule has 0 spiro atoms. The summed E-state index contributed by atoms with van der Waals surface area (Å²) in [6, 6.07) is 5.92. The van der Waals surface area contributed by atoms with Crippen LogP contribution in [-0.4, -0.2) is 59.8 Å². The molecule has 3 heterocycles. The SMILES string of the molecule is CN(Cc1ccc(F)cc1)c1[nH]nc(C2CCN(S(=O)(=O)N3CCCC3)C(=O)C2)c1F. The molecule has 0 bridgehead atoms. The number of nitrogens with zero attached hydrogens (tertiary/aromatic N) is 4. The Morgan fingerprint density at radius 3 is 2.48 bits per heavy atom. The number of halogens is 2. The summed E-state index contributed by atoms with van der Waals surface area (Å²) < 4.78 is 55.8. The van der Waals surface area contributed by atoms with Gasteiger partial charge < -0.3 is 4.90 Å². The Balaban J connectivity index is 1.45. The molecule has 2 aliphatic rings. The second-order valence-corrected chi connectivity index (χ2v) is 9.88. The van der Waals surface area contributed by atoms with Crippen LogP contribution in [0.1, 0.15) is 42.9 Å². The minimum Gasteiger partial charge on any atom is -0.353 e. The lowest BCUT2D eigenvalue weighted by atomic mass is 9.94. The van der Waals surface area contributed by atoms with Crippen molar-refractivity contribution in [1.82, 2.24) is 18.8 Å². The van der Waals surface area contributed by atoms with Crippen LogP contribution < -0.4 is 4.90 Å². The first kappa shape index (κ1) is 21.7. The highest BCUT2D eigenvalue weighted by molar-refractivity contribution is 7.87. The van der Waals surface area contributed by atoms with Crippen molar-refractivity contribution >= 4 is 21.9 Å². The average molecular weight is 454 g/mol. The minimum absolute atomic E-state index is 0.00931. The Hall–Kier alpha value is -2.53. The number of anilines is 1. The van der Waals surface area contributed by atoms with Gasteiger partial charge in [-0.1, -0.05) is 12.1 Å². The maximum atomic E-state index is 15.1. The van der Waals surface area contributed by atoms with Gasteiger partial charge in [0.15, 0.2) is 11.6 Å². The number of hydrogen-bond acceptors (Lipinski definition) is 5. The van der Waals surface area contributed by atoms with Crippen LogP contribution in [0, 0.1) is 11.6 Å². The number of aromatic amines is 1. The van der Waals surface area contributed by atoms with E-state index in [0.29, 0.717) is 26.1 Å². The fourth-order valence-corrected chi connectivity index (χ4v) is 5.81. The lowest BCUT2D eigenvalue weighted by Crippen LogP contribution is -2.48. The molecule has 1 unspecified atom stereocenters. The molecule has 2 aliphatic heterocycles. The van der Waals surface area contributed by atoms with Crippen LogP contribution in [0.2, 0.25) is 0 Å². The van der Waals surface area contributed by atoms with Crippen LogP contribution in [0.25, 0.3) is 0 Å². The van der Waals surface area contributed by atoms with Gasteiger partial charge in [-0.2, -0.15) is 17.8 Å². The van der Waals surface area contributed by atoms with Gasteiger partial charge in [0.05, 0.1) is 0 Å². The Labute approximate surface area is 180 Å². The van der Waals surface area contributed by atoms with Crippen molar-refractivity contribution < 1.29 is 22.0 Å². The smallest absolute Gasteiger partial charge is 0.306 e. The summed E-state index contributed by atoms with van der Waals surface area (Å²) in [4.78, 5) is 14.2. The van der Waals surface area contributed by atoms with Gasteiger partial charge in [0.25, 0.3) is 0 Å². The van der Waals surface area contributed by atoms with E-state index in [9.17, 15) is 17.6 Å². The van der Waals surface area contributed by atoms with Crippen molar-refractivity contribution in [3.05, 3.63) is 47.2 Å². The maximum absolute atomic E-state index is 15.1. The third-order valence-electron chi connectivity index (χ3n) is 5.87. The molecule has 2 saturated heterocycles. The first-order valence-electron chi connectivity index (χ1n) is 10.3. The molecule has 0 aliphatic carbocycles. The Kier molecular flexibility index (Phi) is 5.98. The molecule has 31 heavy (non-hydrogen) atoms. The summed E-state index contributed by atoms with van der Waals surface area (Å²) in [7, 11) is -2.13. The number of hydrogen-bond donors (Lipinski definition) is 1. The van der Waals surface area contributed by atoms with Crippen LogP contribution in [-0.2, 0) is 21.5 Å². The Morgan fingerprint density at radius 2 is 1.84 bits per heavy atom. The number of benzene rings is 1. The lowest BCUT2D eigenvalue weighted by molar-refractivity contribution is -0.128. The molecule has 1 aromatic heterocycles. The van der Waals surface area contributed by atoms with Gasteiger partial charge in [-0.15, -0.1) is 0 Å².